The fraction of sp³-hybridized carbons (Fsp3) is 0.667. The first-order valence-electron chi connectivity index (χ1n) is 5.92. The molecule has 2 atom stereocenters. The molecule has 2 fully saturated rings. The summed E-state index contributed by atoms with van der Waals surface area (Å²) in [6.07, 6.45) is 11.9. The average molecular weight is 206 g/mol. The summed E-state index contributed by atoms with van der Waals surface area (Å²) < 4.78 is 5.90. The smallest absolute Gasteiger partial charge is 0.0945 e. The molecule has 1 saturated heterocycles. The Labute approximate surface area is 87.4 Å². The summed E-state index contributed by atoms with van der Waals surface area (Å²) >= 11 is 0. The van der Waals surface area contributed by atoms with Crippen molar-refractivity contribution in [2.24, 2.45) is 0 Å². The molecule has 3 rings (SSSR count). The fourth-order valence-corrected chi connectivity index (χ4v) is 5.13. The summed E-state index contributed by atoms with van der Waals surface area (Å²) in [6, 6.07) is 1.42. The summed E-state index contributed by atoms with van der Waals surface area (Å²) in [4.78, 5) is 0. The highest BCUT2D eigenvalue weighted by Crippen LogP contribution is 2.51. The van der Waals surface area contributed by atoms with Crippen molar-refractivity contribution in [3.05, 3.63) is 23.6 Å². The van der Waals surface area contributed by atoms with Crippen molar-refractivity contribution >= 4 is 8.80 Å². The molecule has 0 radical (unpaired) electrons. The summed E-state index contributed by atoms with van der Waals surface area (Å²) in [7, 11) is -0.610. The van der Waals surface area contributed by atoms with Crippen molar-refractivity contribution in [2.45, 2.75) is 49.9 Å². The second-order valence-corrected chi connectivity index (χ2v) is 7.56. The highest BCUT2D eigenvalue weighted by molar-refractivity contribution is 6.70. The molecule has 2 aliphatic heterocycles. The molecule has 0 spiro atoms. The number of epoxide rings is 1. The number of hydrogen-bond acceptors (Lipinski definition) is 1. The minimum absolute atomic E-state index is 0.371. The highest BCUT2D eigenvalue weighted by Gasteiger charge is 2.56. The normalized spacial score (nSPS) is 40.1. The van der Waals surface area contributed by atoms with Crippen molar-refractivity contribution in [1.82, 2.24) is 0 Å². The minimum Gasteiger partial charge on any atom is -0.366 e. The van der Waals surface area contributed by atoms with Crippen LogP contribution in [-0.2, 0) is 4.74 Å². The van der Waals surface area contributed by atoms with Gasteiger partial charge in [-0.15, -0.1) is 0 Å². The second-order valence-electron chi connectivity index (χ2n) is 4.89. The summed E-state index contributed by atoms with van der Waals surface area (Å²) in [5.41, 5.74) is 5.25. The standard InChI is InChI=1S/C12H18OSi/c1-2-6-12(11(5-1)13-12)7-10-14-8-3-4-9-14/h3-4,8-9,11,14H,1-2,5-7,10H2. The van der Waals surface area contributed by atoms with E-state index in [2.05, 4.69) is 23.6 Å². The SMILES string of the molecule is C1=C[SiH](CCC23CCCCC2O3)C=C1. The van der Waals surface area contributed by atoms with E-state index in [-0.39, 0.29) is 0 Å². The van der Waals surface area contributed by atoms with Crippen LogP contribution in [0.15, 0.2) is 23.6 Å². The Hall–Kier alpha value is -0.343. The minimum atomic E-state index is -0.610. The van der Waals surface area contributed by atoms with Gasteiger partial charge in [0.1, 0.15) is 0 Å². The van der Waals surface area contributed by atoms with Crippen LogP contribution in [-0.4, -0.2) is 20.5 Å². The Balaban J connectivity index is 1.53. The molecule has 2 heterocycles. The van der Waals surface area contributed by atoms with Crippen molar-refractivity contribution in [2.75, 3.05) is 0 Å². The third kappa shape index (κ3) is 1.51. The molecule has 1 aliphatic carbocycles. The Morgan fingerprint density at radius 2 is 2.14 bits per heavy atom. The fourth-order valence-electron chi connectivity index (χ4n) is 2.97. The van der Waals surface area contributed by atoms with E-state index >= 15 is 0 Å². The molecule has 1 nitrogen and oxygen atoms in total. The van der Waals surface area contributed by atoms with E-state index < -0.39 is 8.80 Å². The quantitative estimate of drug-likeness (QED) is 0.510. The number of ether oxygens (including phenoxy) is 1. The molecule has 76 valence electrons. The number of hydrogen-bond donors (Lipinski definition) is 0. The van der Waals surface area contributed by atoms with Gasteiger partial charge in [0, 0.05) is 0 Å². The summed E-state index contributed by atoms with van der Waals surface area (Å²) in [5, 5.41) is 0. The first-order valence-corrected chi connectivity index (χ1v) is 8.07. The van der Waals surface area contributed by atoms with Gasteiger partial charge in [-0.1, -0.05) is 42.4 Å². The maximum atomic E-state index is 5.90. The zero-order valence-corrected chi connectivity index (χ0v) is 9.77. The molecular weight excluding hydrogens is 188 g/mol. The molecule has 1 saturated carbocycles. The molecular formula is C12H18OSi. The van der Waals surface area contributed by atoms with Gasteiger partial charge in [0.05, 0.1) is 20.5 Å². The van der Waals surface area contributed by atoms with Gasteiger partial charge in [0.15, 0.2) is 0 Å². The Bertz CT molecular complexity index is 272. The largest absolute Gasteiger partial charge is 0.366 e. The predicted octanol–water partition coefficient (Wildman–Crippen LogP) is 2.52. The van der Waals surface area contributed by atoms with Crippen LogP contribution in [0, 0.1) is 0 Å². The number of fused-ring (bicyclic) bond motifs is 1. The predicted molar refractivity (Wildman–Crippen MR) is 60.9 cm³/mol. The second kappa shape index (κ2) is 3.35. The summed E-state index contributed by atoms with van der Waals surface area (Å²) in [5.74, 6) is 0. The molecule has 0 bridgehead atoms. The van der Waals surface area contributed by atoms with Crippen LogP contribution in [0.2, 0.25) is 6.04 Å². The van der Waals surface area contributed by atoms with E-state index in [0.29, 0.717) is 11.7 Å². The van der Waals surface area contributed by atoms with Crippen LogP contribution in [0.25, 0.3) is 0 Å². The molecule has 0 aromatic carbocycles. The maximum absolute atomic E-state index is 5.90. The third-order valence-electron chi connectivity index (χ3n) is 3.95. The van der Waals surface area contributed by atoms with Gasteiger partial charge in [0.2, 0.25) is 0 Å². The first-order chi connectivity index (χ1) is 6.89. The van der Waals surface area contributed by atoms with Crippen LogP contribution in [0.3, 0.4) is 0 Å². The van der Waals surface area contributed by atoms with Crippen LogP contribution in [0.5, 0.6) is 0 Å². The third-order valence-corrected chi connectivity index (χ3v) is 6.34. The van der Waals surface area contributed by atoms with Crippen LogP contribution < -0.4 is 0 Å². The van der Waals surface area contributed by atoms with Crippen LogP contribution >= 0.6 is 0 Å². The Morgan fingerprint density at radius 3 is 2.93 bits per heavy atom. The lowest BCUT2D eigenvalue weighted by molar-refractivity contribution is 0.278. The van der Waals surface area contributed by atoms with Crippen molar-refractivity contribution < 1.29 is 4.74 Å². The maximum Gasteiger partial charge on any atom is 0.0945 e. The zero-order chi connectivity index (χ0) is 9.43. The van der Waals surface area contributed by atoms with Gasteiger partial charge in [0.25, 0.3) is 0 Å². The van der Waals surface area contributed by atoms with E-state index in [9.17, 15) is 0 Å². The van der Waals surface area contributed by atoms with Crippen molar-refractivity contribution in [3.63, 3.8) is 0 Å². The molecule has 2 heteroatoms. The zero-order valence-electron chi connectivity index (χ0n) is 8.61. The van der Waals surface area contributed by atoms with Gasteiger partial charge < -0.3 is 4.74 Å². The van der Waals surface area contributed by atoms with Crippen LogP contribution in [0.1, 0.15) is 32.1 Å². The summed E-state index contributed by atoms with van der Waals surface area (Å²) in [6.45, 7) is 0. The molecule has 3 aliphatic rings. The van der Waals surface area contributed by atoms with Gasteiger partial charge in [-0.05, 0) is 19.3 Å². The Kier molecular flexibility index (Phi) is 2.14. The molecule has 0 aromatic rings. The lowest BCUT2D eigenvalue weighted by atomic mass is 9.87. The molecule has 0 aromatic heterocycles. The number of allylic oxidation sites excluding steroid dienone is 2. The van der Waals surface area contributed by atoms with E-state index in [1.54, 1.807) is 0 Å². The monoisotopic (exact) mass is 206 g/mol. The van der Waals surface area contributed by atoms with Gasteiger partial charge in [-0.3, -0.25) is 0 Å². The molecule has 2 unspecified atom stereocenters. The van der Waals surface area contributed by atoms with Gasteiger partial charge in [-0.25, -0.2) is 0 Å². The molecule has 0 amide bonds. The van der Waals surface area contributed by atoms with Crippen LogP contribution in [0.4, 0.5) is 0 Å². The van der Waals surface area contributed by atoms with E-state index in [1.165, 1.54) is 38.1 Å². The molecule has 0 N–H and O–H groups in total. The van der Waals surface area contributed by atoms with Crippen molar-refractivity contribution in [1.29, 1.82) is 0 Å². The molecule has 14 heavy (non-hydrogen) atoms. The average Bonchev–Trinajstić information content (AvgIpc) is 2.71. The van der Waals surface area contributed by atoms with Gasteiger partial charge in [-0.2, -0.15) is 0 Å². The Morgan fingerprint density at radius 1 is 1.29 bits per heavy atom. The topological polar surface area (TPSA) is 12.5 Å². The lowest BCUT2D eigenvalue weighted by Gasteiger charge is -2.17. The van der Waals surface area contributed by atoms with E-state index in [1.807, 2.05) is 0 Å². The lowest BCUT2D eigenvalue weighted by Crippen LogP contribution is -2.21. The van der Waals surface area contributed by atoms with E-state index in [4.69, 9.17) is 4.74 Å². The highest BCUT2D eigenvalue weighted by atomic mass is 28.3. The number of rotatable bonds is 3. The first kappa shape index (κ1) is 8.92. The van der Waals surface area contributed by atoms with E-state index in [0.717, 1.165) is 0 Å². The van der Waals surface area contributed by atoms with Gasteiger partial charge >= 0.3 is 0 Å². The van der Waals surface area contributed by atoms with Crippen molar-refractivity contribution in [3.8, 4) is 0 Å².